The van der Waals surface area contributed by atoms with E-state index >= 15 is 0 Å². The van der Waals surface area contributed by atoms with Gasteiger partial charge in [-0.2, -0.15) is 0 Å². The summed E-state index contributed by atoms with van der Waals surface area (Å²) in [5.74, 6) is 1.91. The largest absolute Gasteiger partial charge is 0.493 e. The van der Waals surface area contributed by atoms with Crippen molar-refractivity contribution in [1.82, 2.24) is 5.32 Å². The Hall–Kier alpha value is -1.75. The van der Waals surface area contributed by atoms with Gasteiger partial charge in [-0.15, -0.1) is 0 Å². The van der Waals surface area contributed by atoms with Gasteiger partial charge in [0.25, 0.3) is 0 Å². The van der Waals surface area contributed by atoms with E-state index in [2.05, 4.69) is 5.32 Å². The fraction of sp³-hybridized carbons (Fsp3) is 0.562. The molecule has 1 aromatic rings. The minimum absolute atomic E-state index is 0.0942. The fourth-order valence-electron chi connectivity index (χ4n) is 2.48. The van der Waals surface area contributed by atoms with Crippen LogP contribution >= 0.6 is 0 Å². The first kappa shape index (κ1) is 15.6. The van der Waals surface area contributed by atoms with Crippen LogP contribution in [0.3, 0.4) is 0 Å². The molecule has 1 saturated heterocycles. The highest BCUT2D eigenvalue weighted by atomic mass is 16.5. The monoisotopic (exact) mass is 293 g/mol. The lowest BCUT2D eigenvalue weighted by Gasteiger charge is -2.21. The lowest BCUT2D eigenvalue weighted by atomic mass is 9.96. The molecule has 1 heterocycles. The molecule has 0 aromatic heterocycles. The molecule has 116 valence electrons. The van der Waals surface area contributed by atoms with Crippen LogP contribution in [0, 0.1) is 5.92 Å². The number of nitrogens with one attached hydrogen (secondary N) is 1. The van der Waals surface area contributed by atoms with Crippen molar-refractivity contribution in [3.63, 3.8) is 0 Å². The molecule has 1 amide bonds. The Kier molecular flexibility index (Phi) is 5.87. The van der Waals surface area contributed by atoms with Gasteiger partial charge >= 0.3 is 0 Å². The number of hydrogen-bond acceptors (Lipinski definition) is 4. The first-order chi connectivity index (χ1) is 10.2. The van der Waals surface area contributed by atoms with Crippen molar-refractivity contribution in [2.75, 3.05) is 27.4 Å². The van der Waals surface area contributed by atoms with E-state index in [1.54, 1.807) is 14.2 Å². The summed E-state index contributed by atoms with van der Waals surface area (Å²) < 4.78 is 15.7. The Morgan fingerprint density at radius 1 is 1.24 bits per heavy atom. The average molecular weight is 293 g/mol. The maximum atomic E-state index is 12.0. The summed E-state index contributed by atoms with van der Waals surface area (Å²) in [4.78, 5) is 12.0. The molecule has 0 saturated carbocycles. The van der Waals surface area contributed by atoms with Crippen molar-refractivity contribution in [1.29, 1.82) is 0 Å². The van der Waals surface area contributed by atoms with Gasteiger partial charge in [-0.1, -0.05) is 6.07 Å². The molecule has 0 unspecified atom stereocenters. The molecule has 0 aliphatic carbocycles. The Morgan fingerprint density at radius 2 is 1.95 bits per heavy atom. The zero-order chi connectivity index (χ0) is 15.1. The SMILES string of the molecule is COc1ccc(CNC(=O)CC2CCOCC2)cc1OC. The molecule has 1 aromatic carbocycles. The van der Waals surface area contributed by atoms with E-state index in [1.165, 1.54) is 0 Å². The van der Waals surface area contributed by atoms with Crippen molar-refractivity contribution in [3.05, 3.63) is 23.8 Å². The summed E-state index contributed by atoms with van der Waals surface area (Å²) >= 11 is 0. The van der Waals surface area contributed by atoms with Crippen molar-refractivity contribution in [3.8, 4) is 11.5 Å². The fourth-order valence-corrected chi connectivity index (χ4v) is 2.48. The van der Waals surface area contributed by atoms with Crippen molar-refractivity contribution in [2.24, 2.45) is 5.92 Å². The molecule has 2 rings (SSSR count). The van der Waals surface area contributed by atoms with Gasteiger partial charge in [0.05, 0.1) is 14.2 Å². The minimum Gasteiger partial charge on any atom is -0.493 e. The topological polar surface area (TPSA) is 56.8 Å². The summed E-state index contributed by atoms with van der Waals surface area (Å²) in [6.45, 7) is 2.05. The van der Waals surface area contributed by atoms with Gasteiger partial charge in [0.15, 0.2) is 11.5 Å². The zero-order valence-electron chi connectivity index (χ0n) is 12.7. The normalized spacial score (nSPS) is 15.5. The Morgan fingerprint density at radius 3 is 2.62 bits per heavy atom. The predicted molar refractivity (Wildman–Crippen MR) is 79.6 cm³/mol. The molecule has 5 nitrogen and oxygen atoms in total. The second-order valence-electron chi connectivity index (χ2n) is 5.23. The number of methoxy groups -OCH3 is 2. The van der Waals surface area contributed by atoms with Gasteiger partial charge in [-0.25, -0.2) is 0 Å². The van der Waals surface area contributed by atoms with E-state index in [4.69, 9.17) is 14.2 Å². The van der Waals surface area contributed by atoms with Crippen LogP contribution in [0.25, 0.3) is 0 Å². The van der Waals surface area contributed by atoms with Gasteiger partial charge < -0.3 is 19.5 Å². The smallest absolute Gasteiger partial charge is 0.220 e. The standard InChI is InChI=1S/C16H23NO4/c1-19-14-4-3-13(9-15(14)20-2)11-17-16(18)10-12-5-7-21-8-6-12/h3-4,9,12H,5-8,10-11H2,1-2H3,(H,17,18). The van der Waals surface area contributed by atoms with Gasteiger partial charge in [-0.3, -0.25) is 4.79 Å². The number of hydrogen-bond donors (Lipinski definition) is 1. The molecule has 0 bridgehead atoms. The third kappa shape index (κ3) is 4.63. The molecule has 1 N–H and O–H groups in total. The van der Waals surface area contributed by atoms with E-state index in [0.717, 1.165) is 31.6 Å². The predicted octanol–water partition coefficient (Wildman–Crippen LogP) is 2.14. The Labute approximate surface area is 125 Å². The number of carbonyl (C=O) groups excluding carboxylic acids is 1. The molecular formula is C16H23NO4. The summed E-state index contributed by atoms with van der Waals surface area (Å²) in [6.07, 6.45) is 2.53. The summed E-state index contributed by atoms with van der Waals surface area (Å²) in [7, 11) is 3.21. The summed E-state index contributed by atoms with van der Waals surface area (Å²) in [6, 6.07) is 5.66. The van der Waals surface area contributed by atoms with Gasteiger partial charge in [-0.05, 0) is 36.5 Å². The molecule has 0 spiro atoms. The van der Waals surface area contributed by atoms with Crippen LogP contribution in [-0.2, 0) is 16.1 Å². The molecule has 0 atom stereocenters. The number of ether oxygens (including phenoxy) is 3. The van der Waals surface area contributed by atoms with Crippen LogP contribution in [-0.4, -0.2) is 33.3 Å². The number of benzene rings is 1. The minimum atomic E-state index is 0.0942. The lowest BCUT2D eigenvalue weighted by Crippen LogP contribution is -2.27. The highest BCUT2D eigenvalue weighted by Gasteiger charge is 2.17. The van der Waals surface area contributed by atoms with Crippen LogP contribution < -0.4 is 14.8 Å². The van der Waals surface area contributed by atoms with Crippen LogP contribution in [0.2, 0.25) is 0 Å². The van der Waals surface area contributed by atoms with Crippen molar-refractivity contribution < 1.29 is 19.0 Å². The number of amides is 1. The Bertz CT molecular complexity index is 469. The van der Waals surface area contributed by atoms with Gasteiger partial charge in [0, 0.05) is 26.2 Å². The summed E-state index contributed by atoms with van der Waals surface area (Å²) in [5, 5.41) is 2.96. The van der Waals surface area contributed by atoms with Crippen LogP contribution in [0.1, 0.15) is 24.8 Å². The molecule has 1 fully saturated rings. The molecular weight excluding hydrogens is 270 g/mol. The second-order valence-corrected chi connectivity index (χ2v) is 5.23. The third-order valence-electron chi connectivity index (χ3n) is 3.75. The molecule has 1 aliphatic rings. The molecule has 21 heavy (non-hydrogen) atoms. The quantitative estimate of drug-likeness (QED) is 0.873. The van der Waals surface area contributed by atoms with Crippen LogP contribution in [0.4, 0.5) is 0 Å². The van der Waals surface area contributed by atoms with E-state index in [1.807, 2.05) is 18.2 Å². The summed E-state index contributed by atoms with van der Waals surface area (Å²) in [5.41, 5.74) is 0.993. The highest BCUT2D eigenvalue weighted by Crippen LogP contribution is 2.27. The average Bonchev–Trinajstić information content (AvgIpc) is 2.53. The highest BCUT2D eigenvalue weighted by molar-refractivity contribution is 5.76. The number of carbonyl (C=O) groups is 1. The zero-order valence-corrected chi connectivity index (χ0v) is 12.7. The second kappa shape index (κ2) is 7.88. The van der Waals surface area contributed by atoms with E-state index in [9.17, 15) is 4.79 Å². The molecule has 5 heteroatoms. The third-order valence-corrected chi connectivity index (χ3v) is 3.75. The van der Waals surface area contributed by atoms with E-state index in [-0.39, 0.29) is 5.91 Å². The maximum Gasteiger partial charge on any atom is 0.220 e. The van der Waals surface area contributed by atoms with Crippen LogP contribution in [0.5, 0.6) is 11.5 Å². The van der Waals surface area contributed by atoms with E-state index < -0.39 is 0 Å². The van der Waals surface area contributed by atoms with Crippen molar-refractivity contribution in [2.45, 2.75) is 25.8 Å². The first-order valence-corrected chi connectivity index (χ1v) is 7.28. The molecule has 0 radical (unpaired) electrons. The molecule has 1 aliphatic heterocycles. The van der Waals surface area contributed by atoms with Gasteiger partial charge in [0.2, 0.25) is 5.91 Å². The number of rotatable bonds is 6. The van der Waals surface area contributed by atoms with Crippen LogP contribution in [0.15, 0.2) is 18.2 Å². The Balaban J connectivity index is 1.83. The van der Waals surface area contributed by atoms with Crippen molar-refractivity contribution >= 4 is 5.91 Å². The maximum absolute atomic E-state index is 12.0. The van der Waals surface area contributed by atoms with E-state index in [0.29, 0.717) is 30.4 Å². The van der Waals surface area contributed by atoms with Gasteiger partial charge in [0.1, 0.15) is 0 Å². The lowest BCUT2D eigenvalue weighted by molar-refractivity contribution is -0.122. The first-order valence-electron chi connectivity index (χ1n) is 7.28.